The third-order valence-corrected chi connectivity index (χ3v) is 2.61. The second kappa shape index (κ2) is 4.83. The van der Waals surface area contributed by atoms with Gasteiger partial charge in [-0.25, -0.2) is 0 Å². The Morgan fingerprint density at radius 1 is 1.39 bits per heavy atom. The molecule has 0 aliphatic rings. The highest BCUT2D eigenvalue weighted by Crippen LogP contribution is 2.25. The number of benzene rings is 1. The van der Waals surface area contributed by atoms with Crippen molar-refractivity contribution in [2.24, 2.45) is 0 Å². The highest BCUT2D eigenvalue weighted by Gasteiger charge is 2.13. The van der Waals surface area contributed by atoms with Crippen LogP contribution in [0.5, 0.6) is 5.75 Å². The minimum Gasteiger partial charge on any atom is -0.497 e. The van der Waals surface area contributed by atoms with E-state index in [-0.39, 0.29) is 5.91 Å². The predicted molar refractivity (Wildman–Crippen MR) is 68.8 cm³/mol. The zero-order chi connectivity index (χ0) is 13.1. The van der Waals surface area contributed by atoms with E-state index >= 15 is 0 Å². The first kappa shape index (κ1) is 12.0. The minimum absolute atomic E-state index is 0.263. The third-order valence-electron chi connectivity index (χ3n) is 2.61. The fourth-order valence-corrected chi connectivity index (χ4v) is 1.58. The van der Waals surface area contributed by atoms with Crippen LogP contribution in [0.25, 0.3) is 0 Å². The molecule has 0 unspecified atom stereocenters. The van der Waals surface area contributed by atoms with E-state index in [1.54, 1.807) is 38.3 Å². The lowest BCUT2D eigenvalue weighted by Crippen LogP contribution is -2.13. The van der Waals surface area contributed by atoms with E-state index in [0.29, 0.717) is 28.4 Å². The Balaban J connectivity index is 2.24. The number of carbonyl (C=O) groups excluding carboxylic acids is 1. The summed E-state index contributed by atoms with van der Waals surface area (Å²) in [6.07, 6.45) is 1.47. The van der Waals surface area contributed by atoms with Crippen LogP contribution in [-0.2, 0) is 0 Å². The number of amides is 1. The van der Waals surface area contributed by atoms with Crippen LogP contribution in [0.1, 0.15) is 16.1 Å². The van der Waals surface area contributed by atoms with Gasteiger partial charge in [-0.05, 0) is 25.1 Å². The zero-order valence-corrected chi connectivity index (χ0v) is 10.2. The number of nitrogens with one attached hydrogen (secondary N) is 1. The number of nitrogens with two attached hydrogens (primary N) is 1. The zero-order valence-electron chi connectivity index (χ0n) is 10.2. The van der Waals surface area contributed by atoms with Crippen LogP contribution in [0.2, 0.25) is 0 Å². The summed E-state index contributed by atoms with van der Waals surface area (Å²) in [5.74, 6) is 0.929. The molecule has 0 radical (unpaired) electrons. The van der Waals surface area contributed by atoms with Gasteiger partial charge in [0.05, 0.1) is 30.3 Å². The first-order valence-corrected chi connectivity index (χ1v) is 5.41. The quantitative estimate of drug-likeness (QED) is 0.815. The van der Waals surface area contributed by atoms with Gasteiger partial charge < -0.3 is 20.2 Å². The van der Waals surface area contributed by atoms with Gasteiger partial charge in [-0.3, -0.25) is 4.79 Å². The second-order valence-electron chi connectivity index (χ2n) is 3.80. The molecule has 3 N–H and O–H groups in total. The smallest absolute Gasteiger partial charge is 0.259 e. The van der Waals surface area contributed by atoms with Crippen LogP contribution in [0, 0.1) is 6.92 Å². The van der Waals surface area contributed by atoms with Crippen molar-refractivity contribution < 1.29 is 13.9 Å². The summed E-state index contributed by atoms with van der Waals surface area (Å²) in [6.45, 7) is 1.73. The Labute approximate surface area is 105 Å². The van der Waals surface area contributed by atoms with Crippen molar-refractivity contribution in [3.05, 3.63) is 41.9 Å². The lowest BCUT2D eigenvalue weighted by Gasteiger charge is -2.09. The number of methoxy groups -OCH3 is 1. The Morgan fingerprint density at radius 2 is 2.17 bits per heavy atom. The summed E-state index contributed by atoms with van der Waals surface area (Å²) in [6, 6.07) is 6.69. The molecule has 0 spiro atoms. The van der Waals surface area contributed by atoms with Crippen molar-refractivity contribution in [2.75, 3.05) is 18.2 Å². The molecule has 1 heterocycles. The van der Waals surface area contributed by atoms with E-state index in [2.05, 4.69) is 5.32 Å². The monoisotopic (exact) mass is 246 g/mol. The number of hydrogen-bond acceptors (Lipinski definition) is 4. The first-order chi connectivity index (χ1) is 8.61. The number of furan rings is 1. The maximum Gasteiger partial charge on any atom is 0.259 e. The van der Waals surface area contributed by atoms with E-state index in [4.69, 9.17) is 14.9 Å². The molecule has 0 aliphatic carbocycles. The molecular formula is C13H14N2O3. The van der Waals surface area contributed by atoms with Gasteiger partial charge >= 0.3 is 0 Å². The Morgan fingerprint density at radius 3 is 2.78 bits per heavy atom. The van der Waals surface area contributed by atoms with Gasteiger partial charge in [0.15, 0.2) is 0 Å². The predicted octanol–water partition coefficient (Wildman–Crippen LogP) is 2.43. The van der Waals surface area contributed by atoms with Crippen LogP contribution >= 0.6 is 0 Å². The minimum atomic E-state index is -0.263. The topological polar surface area (TPSA) is 77.5 Å². The van der Waals surface area contributed by atoms with E-state index < -0.39 is 0 Å². The molecule has 0 atom stereocenters. The third kappa shape index (κ3) is 2.29. The number of ether oxygens (including phenoxy) is 1. The molecule has 18 heavy (non-hydrogen) atoms. The highest BCUT2D eigenvalue weighted by atomic mass is 16.5. The number of anilines is 2. The van der Waals surface area contributed by atoms with Crippen LogP contribution in [-0.4, -0.2) is 13.0 Å². The number of carbonyl (C=O) groups is 1. The van der Waals surface area contributed by atoms with Crippen molar-refractivity contribution >= 4 is 17.3 Å². The van der Waals surface area contributed by atoms with E-state index in [1.165, 1.54) is 6.26 Å². The molecule has 1 aromatic carbocycles. The Hall–Kier alpha value is -2.43. The van der Waals surface area contributed by atoms with Gasteiger partial charge in [-0.2, -0.15) is 0 Å². The van der Waals surface area contributed by atoms with Crippen LogP contribution in [0.15, 0.2) is 34.9 Å². The molecule has 2 aromatic rings. The number of aryl methyl sites for hydroxylation is 1. The van der Waals surface area contributed by atoms with Crippen molar-refractivity contribution in [2.45, 2.75) is 6.92 Å². The lowest BCUT2D eigenvalue weighted by molar-refractivity contribution is 0.102. The van der Waals surface area contributed by atoms with Gasteiger partial charge in [-0.15, -0.1) is 0 Å². The second-order valence-corrected chi connectivity index (χ2v) is 3.80. The van der Waals surface area contributed by atoms with Gasteiger partial charge in [0.2, 0.25) is 0 Å². The summed E-state index contributed by atoms with van der Waals surface area (Å²) >= 11 is 0. The summed E-state index contributed by atoms with van der Waals surface area (Å²) in [5.41, 5.74) is 7.26. The van der Waals surface area contributed by atoms with Crippen LogP contribution in [0.3, 0.4) is 0 Å². The molecule has 5 heteroatoms. The standard InChI is InChI=1S/C13H14N2O3/c1-8-10(5-6-18-8)13(16)15-12-7-9(17-2)3-4-11(12)14/h3-7H,14H2,1-2H3,(H,15,16). The van der Waals surface area contributed by atoms with Gasteiger partial charge in [0.1, 0.15) is 11.5 Å². The Kier molecular flexibility index (Phi) is 3.23. The average molecular weight is 246 g/mol. The molecule has 0 saturated heterocycles. The first-order valence-electron chi connectivity index (χ1n) is 5.41. The van der Waals surface area contributed by atoms with Gasteiger partial charge in [0.25, 0.3) is 5.91 Å². The normalized spacial score (nSPS) is 10.1. The van der Waals surface area contributed by atoms with Crippen molar-refractivity contribution in [3.63, 3.8) is 0 Å². The number of rotatable bonds is 3. The van der Waals surface area contributed by atoms with Crippen LogP contribution < -0.4 is 15.8 Å². The van der Waals surface area contributed by atoms with E-state index in [9.17, 15) is 4.79 Å². The van der Waals surface area contributed by atoms with Crippen molar-refractivity contribution in [1.82, 2.24) is 0 Å². The lowest BCUT2D eigenvalue weighted by atomic mass is 10.2. The molecule has 1 amide bonds. The van der Waals surface area contributed by atoms with Gasteiger partial charge in [-0.1, -0.05) is 0 Å². The number of hydrogen-bond donors (Lipinski definition) is 2. The van der Waals surface area contributed by atoms with Crippen LogP contribution in [0.4, 0.5) is 11.4 Å². The SMILES string of the molecule is COc1ccc(N)c(NC(=O)c2ccoc2C)c1. The maximum atomic E-state index is 12.0. The molecule has 2 rings (SSSR count). The molecule has 0 fully saturated rings. The Bertz CT molecular complexity index is 575. The van der Waals surface area contributed by atoms with Gasteiger partial charge in [0, 0.05) is 6.07 Å². The van der Waals surface area contributed by atoms with E-state index in [1.807, 2.05) is 0 Å². The summed E-state index contributed by atoms with van der Waals surface area (Å²) in [5, 5.41) is 2.72. The summed E-state index contributed by atoms with van der Waals surface area (Å²) in [4.78, 5) is 12.0. The summed E-state index contributed by atoms with van der Waals surface area (Å²) < 4.78 is 10.2. The molecule has 0 aliphatic heterocycles. The number of nitrogen functional groups attached to an aromatic ring is 1. The summed E-state index contributed by atoms with van der Waals surface area (Å²) in [7, 11) is 1.55. The molecule has 0 saturated carbocycles. The molecule has 94 valence electrons. The van der Waals surface area contributed by atoms with E-state index in [0.717, 1.165) is 0 Å². The fraction of sp³-hybridized carbons (Fsp3) is 0.154. The molecule has 5 nitrogen and oxygen atoms in total. The molecular weight excluding hydrogens is 232 g/mol. The van der Waals surface area contributed by atoms with Crippen molar-refractivity contribution in [1.29, 1.82) is 0 Å². The average Bonchev–Trinajstić information content (AvgIpc) is 2.78. The molecule has 0 bridgehead atoms. The maximum absolute atomic E-state index is 12.0. The molecule has 1 aromatic heterocycles. The fourth-order valence-electron chi connectivity index (χ4n) is 1.58. The largest absolute Gasteiger partial charge is 0.497 e. The van der Waals surface area contributed by atoms with Crippen molar-refractivity contribution in [3.8, 4) is 5.75 Å². The highest BCUT2D eigenvalue weighted by molar-refractivity contribution is 6.06.